The summed E-state index contributed by atoms with van der Waals surface area (Å²) in [7, 11) is 5.78. The van der Waals surface area contributed by atoms with Crippen LogP contribution in [0.1, 0.15) is 63.5 Å². The van der Waals surface area contributed by atoms with Crippen molar-refractivity contribution in [3.8, 4) is 11.5 Å². The number of ether oxygens (including phenoxy) is 2. The van der Waals surface area contributed by atoms with Crippen LogP contribution >= 0.6 is 0 Å². The van der Waals surface area contributed by atoms with Crippen molar-refractivity contribution in [2.45, 2.75) is 82.4 Å². The molecule has 5 atom stereocenters. The van der Waals surface area contributed by atoms with Gasteiger partial charge in [-0.2, -0.15) is 0 Å². The highest BCUT2D eigenvalue weighted by molar-refractivity contribution is 5.89. The monoisotopic (exact) mass is 571 g/mol. The Hall–Kier alpha value is -3.18. The van der Waals surface area contributed by atoms with Crippen LogP contribution in [-0.4, -0.2) is 92.5 Å². The van der Waals surface area contributed by atoms with E-state index in [9.17, 15) is 19.2 Å². The normalized spacial score (nSPS) is 24.8. The SMILES string of the molecule is CC[C@@]12c3c4ccc(OC(=O)N(C)CCNC(=O)[C@H](CCCCN)NC(C)=O)c3O[C@@H]1C(=O)CCC2[C@@H](N(C)C)C4. The van der Waals surface area contributed by atoms with E-state index in [1.807, 2.05) is 6.07 Å². The molecule has 1 aromatic rings. The summed E-state index contributed by atoms with van der Waals surface area (Å²) in [4.78, 5) is 54.0. The van der Waals surface area contributed by atoms with E-state index in [2.05, 4.69) is 36.6 Å². The molecule has 1 saturated carbocycles. The molecule has 0 saturated heterocycles. The van der Waals surface area contributed by atoms with E-state index in [1.165, 1.54) is 11.8 Å². The van der Waals surface area contributed by atoms with E-state index in [-0.39, 0.29) is 36.6 Å². The molecule has 226 valence electrons. The van der Waals surface area contributed by atoms with Gasteiger partial charge in [0.2, 0.25) is 11.8 Å². The van der Waals surface area contributed by atoms with Gasteiger partial charge in [0, 0.05) is 50.5 Å². The van der Waals surface area contributed by atoms with Crippen molar-refractivity contribution in [1.29, 1.82) is 0 Å². The first kappa shape index (κ1) is 30.8. The summed E-state index contributed by atoms with van der Waals surface area (Å²) in [5.41, 5.74) is 7.28. The number of nitrogens with two attached hydrogens (primary N) is 1. The Labute approximate surface area is 242 Å². The van der Waals surface area contributed by atoms with Crippen molar-refractivity contribution in [3.63, 3.8) is 0 Å². The van der Waals surface area contributed by atoms with Crippen molar-refractivity contribution in [3.05, 3.63) is 23.3 Å². The molecule has 1 fully saturated rings. The average Bonchev–Trinajstić information content (AvgIpc) is 3.31. The first-order chi connectivity index (χ1) is 19.5. The van der Waals surface area contributed by atoms with Crippen molar-refractivity contribution in [2.75, 3.05) is 40.8 Å². The van der Waals surface area contributed by atoms with Gasteiger partial charge in [-0.05, 0) is 76.7 Å². The smallest absolute Gasteiger partial charge is 0.415 e. The Balaban J connectivity index is 1.44. The second kappa shape index (κ2) is 12.8. The van der Waals surface area contributed by atoms with E-state index >= 15 is 0 Å². The Morgan fingerprint density at radius 3 is 2.63 bits per heavy atom. The quantitative estimate of drug-likeness (QED) is 0.322. The van der Waals surface area contributed by atoms with E-state index in [4.69, 9.17) is 15.2 Å². The second-order valence-corrected chi connectivity index (χ2v) is 11.8. The molecule has 4 rings (SSSR count). The molecule has 11 nitrogen and oxygen atoms in total. The maximum Gasteiger partial charge on any atom is 0.415 e. The lowest BCUT2D eigenvalue weighted by Crippen LogP contribution is -2.60. The first-order valence-corrected chi connectivity index (χ1v) is 14.7. The number of hydrogen-bond donors (Lipinski definition) is 3. The number of nitrogens with zero attached hydrogens (tertiary/aromatic N) is 2. The molecule has 1 heterocycles. The fourth-order valence-electron chi connectivity index (χ4n) is 7.07. The predicted molar refractivity (Wildman–Crippen MR) is 154 cm³/mol. The van der Waals surface area contributed by atoms with E-state index < -0.39 is 23.7 Å². The van der Waals surface area contributed by atoms with Crippen molar-refractivity contribution >= 4 is 23.7 Å². The second-order valence-electron chi connectivity index (χ2n) is 11.8. The number of Topliss-reactive ketones (excluding diaryl/α,β-unsaturated/α-hetero) is 1. The number of carbonyl (C=O) groups is 4. The number of carbonyl (C=O) groups excluding carboxylic acids is 4. The molecule has 2 aliphatic carbocycles. The molecule has 3 aliphatic rings. The topological polar surface area (TPSA) is 143 Å². The van der Waals surface area contributed by atoms with Crippen molar-refractivity contribution in [2.24, 2.45) is 11.7 Å². The number of unbranched alkanes of at least 4 members (excludes halogenated alkanes) is 1. The molecular formula is C30H45N5O6. The number of amides is 3. The number of rotatable bonds is 12. The van der Waals surface area contributed by atoms with Gasteiger partial charge in [0.05, 0.1) is 0 Å². The minimum Gasteiger partial charge on any atom is -0.477 e. The molecule has 1 unspecified atom stereocenters. The van der Waals surface area contributed by atoms with Gasteiger partial charge in [0.25, 0.3) is 0 Å². The van der Waals surface area contributed by atoms with Gasteiger partial charge in [0.1, 0.15) is 6.04 Å². The highest BCUT2D eigenvalue weighted by Gasteiger charge is 2.63. The third-order valence-corrected chi connectivity index (χ3v) is 9.07. The summed E-state index contributed by atoms with van der Waals surface area (Å²) in [5, 5.41) is 5.46. The summed E-state index contributed by atoms with van der Waals surface area (Å²) >= 11 is 0. The molecular weight excluding hydrogens is 526 g/mol. The zero-order chi connectivity index (χ0) is 29.9. The largest absolute Gasteiger partial charge is 0.477 e. The Morgan fingerprint density at radius 1 is 1.22 bits per heavy atom. The molecule has 0 spiro atoms. The van der Waals surface area contributed by atoms with Crippen molar-refractivity contribution < 1.29 is 28.7 Å². The third-order valence-electron chi connectivity index (χ3n) is 9.07. The number of benzene rings is 1. The summed E-state index contributed by atoms with van der Waals surface area (Å²) in [6.45, 7) is 4.40. The standard InChI is InChI=1S/C30H45N5O6/c1-6-30-20-11-12-23(37)27(30)41-26-24(13-10-19(25(26)30)17-22(20)34(3)4)40-29(39)35(5)16-15-32-28(38)21(33-18(2)36)9-7-8-14-31/h10,13,20-22,27H,6-9,11-12,14-17,31H2,1-5H3,(H,32,38)(H,33,36)/t20?,21-,22-,27+,30+/m0/s1. The van der Waals surface area contributed by atoms with Crippen LogP contribution < -0.4 is 25.8 Å². The van der Waals surface area contributed by atoms with Crippen LogP contribution in [0.4, 0.5) is 4.79 Å². The summed E-state index contributed by atoms with van der Waals surface area (Å²) in [6.07, 6.45) is 3.73. The van der Waals surface area contributed by atoms with Gasteiger partial charge in [0.15, 0.2) is 23.4 Å². The van der Waals surface area contributed by atoms with Gasteiger partial charge in [-0.3, -0.25) is 14.4 Å². The van der Waals surface area contributed by atoms with Crippen LogP contribution in [-0.2, 0) is 26.2 Å². The van der Waals surface area contributed by atoms with Gasteiger partial charge in [-0.1, -0.05) is 13.0 Å². The fraction of sp³-hybridized carbons (Fsp3) is 0.667. The summed E-state index contributed by atoms with van der Waals surface area (Å²) in [5.74, 6) is 0.611. The third kappa shape index (κ3) is 5.92. The molecule has 0 bridgehead atoms. The number of ketones is 1. The molecule has 0 aromatic heterocycles. The Bertz CT molecular complexity index is 1170. The fourth-order valence-corrected chi connectivity index (χ4v) is 7.07. The highest BCUT2D eigenvalue weighted by atomic mass is 16.6. The van der Waals surface area contributed by atoms with Crippen LogP contribution in [0, 0.1) is 5.92 Å². The predicted octanol–water partition coefficient (Wildman–Crippen LogP) is 1.74. The number of likely N-dealkylation sites (N-methyl/N-ethyl adjacent to an activating group) is 2. The molecule has 1 aliphatic heterocycles. The molecule has 41 heavy (non-hydrogen) atoms. The lowest BCUT2D eigenvalue weighted by molar-refractivity contribution is -0.135. The van der Waals surface area contributed by atoms with E-state index in [1.54, 1.807) is 13.1 Å². The van der Waals surface area contributed by atoms with E-state index in [0.29, 0.717) is 43.3 Å². The summed E-state index contributed by atoms with van der Waals surface area (Å²) < 4.78 is 12.2. The van der Waals surface area contributed by atoms with Gasteiger partial charge < -0.3 is 35.6 Å². The maximum atomic E-state index is 13.1. The van der Waals surface area contributed by atoms with Crippen LogP contribution in [0.3, 0.4) is 0 Å². The van der Waals surface area contributed by atoms with Crippen LogP contribution in [0.2, 0.25) is 0 Å². The molecule has 1 aromatic carbocycles. The number of nitrogens with one attached hydrogen (secondary N) is 2. The molecule has 11 heteroatoms. The van der Waals surface area contributed by atoms with Crippen LogP contribution in [0.15, 0.2) is 12.1 Å². The Kier molecular flexibility index (Phi) is 9.59. The van der Waals surface area contributed by atoms with E-state index in [0.717, 1.165) is 36.8 Å². The zero-order valence-corrected chi connectivity index (χ0v) is 25.0. The summed E-state index contributed by atoms with van der Waals surface area (Å²) in [6, 6.07) is 3.41. The van der Waals surface area contributed by atoms with Crippen LogP contribution in [0.25, 0.3) is 0 Å². The first-order valence-electron chi connectivity index (χ1n) is 14.7. The highest BCUT2D eigenvalue weighted by Crippen LogP contribution is 2.61. The average molecular weight is 572 g/mol. The zero-order valence-electron chi connectivity index (χ0n) is 25.0. The lowest BCUT2D eigenvalue weighted by Gasteiger charge is -2.52. The molecule has 0 radical (unpaired) electrons. The van der Waals surface area contributed by atoms with Gasteiger partial charge in [-0.15, -0.1) is 0 Å². The minimum atomic E-state index is -0.652. The van der Waals surface area contributed by atoms with Gasteiger partial charge in [-0.25, -0.2) is 4.79 Å². The van der Waals surface area contributed by atoms with Crippen LogP contribution in [0.5, 0.6) is 11.5 Å². The molecule has 3 amide bonds. The number of hydrogen-bond acceptors (Lipinski definition) is 8. The molecule has 4 N–H and O–H groups in total. The minimum absolute atomic E-state index is 0.107. The lowest BCUT2D eigenvalue weighted by atomic mass is 9.53. The van der Waals surface area contributed by atoms with Crippen molar-refractivity contribution in [1.82, 2.24) is 20.4 Å². The maximum absolute atomic E-state index is 13.1. The van der Waals surface area contributed by atoms with Gasteiger partial charge >= 0.3 is 6.09 Å². The Morgan fingerprint density at radius 2 is 1.98 bits per heavy atom.